The van der Waals surface area contributed by atoms with Crippen LogP contribution in [0, 0.1) is 17.1 Å². The smallest absolute Gasteiger partial charge is 0.124 e. The van der Waals surface area contributed by atoms with E-state index in [0.29, 0.717) is 12.1 Å². The highest BCUT2D eigenvalue weighted by molar-refractivity contribution is 5.59. The highest BCUT2D eigenvalue weighted by atomic mass is 19.1. The van der Waals surface area contributed by atoms with Crippen molar-refractivity contribution in [3.05, 3.63) is 41.7 Å². The first kappa shape index (κ1) is 12.3. The van der Waals surface area contributed by atoms with E-state index in [1.165, 1.54) is 12.1 Å². The molecule has 84 valence electrons. The summed E-state index contributed by atoms with van der Waals surface area (Å²) < 4.78 is 13.0. The van der Waals surface area contributed by atoms with Gasteiger partial charge in [0.15, 0.2) is 0 Å². The second-order valence-electron chi connectivity index (χ2n) is 3.74. The van der Waals surface area contributed by atoms with Crippen LogP contribution in [0.4, 0.5) is 10.1 Å². The number of nitriles is 1. The summed E-state index contributed by atoms with van der Waals surface area (Å²) in [6, 6.07) is 6.28. The fourth-order valence-corrected chi connectivity index (χ4v) is 1.57. The van der Waals surface area contributed by atoms with Crippen LogP contribution in [0.25, 0.3) is 0 Å². The van der Waals surface area contributed by atoms with Crippen molar-refractivity contribution in [3.63, 3.8) is 0 Å². The van der Waals surface area contributed by atoms with Gasteiger partial charge >= 0.3 is 0 Å². The summed E-state index contributed by atoms with van der Waals surface area (Å²) in [5, 5.41) is 8.96. The number of rotatable bonds is 4. The number of hydrogen-bond acceptors (Lipinski definition) is 2. The largest absolute Gasteiger partial charge is 0.367 e. The number of anilines is 1. The van der Waals surface area contributed by atoms with Gasteiger partial charge < -0.3 is 4.90 Å². The minimum absolute atomic E-state index is 0.364. The fourth-order valence-electron chi connectivity index (χ4n) is 1.57. The van der Waals surface area contributed by atoms with Crippen molar-refractivity contribution in [1.82, 2.24) is 0 Å². The quantitative estimate of drug-likeness (QED) is 0.726. The van der Waals surface area contributed by atoms with Crippen molar-refractivity contribution >= 4 is 5.69 Å². The number of likely N-dealkylation sites (N-methyl/N-ethyl adjacent to an activating group) is 1. The van der Waals surface area contributed by atoms with Gasteiger partial charge in [-0.25, -0.2) is 4.39 Å². The second kappa shape index (κ2) is 5.32. The summed E-state index contributed by atoms with van der Waals surface area (Å²) >= 11 is 0. The molecule has 0 atom stereocenters. The molecule has 2 nitrogen and oxygen atoms in total. The van der Waals surface area contributed by atoms with E-state index in [1.54, 1.807) is 6.07 Å². The van der Waals surface area contributed by atoms with E-state index < -0.39 is 0 Å². The normalized spacial score (nSPS) is 9.62. The van der Waals surface area contributed by atoms with Crippen LogP contribution in [0.1, 0.15) is 19.4 Å². The van der Waals surface area contributed by atoms with Gasteiger partial charge in [0.05, 0.1) is 11.3 Å². The van der Waals surface area contributed by atoms with Crippen LogP contribution in [0.5, 0.6) is 0 Å². The minimum atomic E-state index is -0.383. The first-order chi connectivity index (χ1) is 7.58. The lowest BCUT2D eigenvalue weighted by atomic mass is 10.1. The SMILES string of the molecule is C=C(C)CN(CC)c1ccc(F)cc1C#N. The molecule has 0 heterocycles. The predicted molar refractivity (Wildman–Crippen MR) is 63.8 cm³/mol. The average Bonchev–Trinajstić information content (AvgIpc) is 2.25. The van der Waals surface area contributed by atoms with Gasteiger partial charge in [-0.3, -0.25) is 0 Å². The molecule has 0 unspecified atom stereocenters. The van der Waals surface area contributed by atoms with E-state index in [2.05, 4.69) is 6.58 Å². The topological polar surface area (TPSA) is 27.0 Å². The van der Waals surface area contributed by atoms with E-state index in [-0.39, 0.29) is 5.82 Å². The molecule has 0 saturated carbocycles. The zero-order chi connectivity index (χ0) is 12.1. The Labute approximate surface area is 95.6 Å². The lowest BCUT2D eigenvalue weighted by Crippen LogP contribution is -2.25. The molecule has 1 aromatic carbocycles. The Morgan fingerprint density at radius 3 is 2.75 bits per heavy atom. The van der Waals surface area contributed by atoms with E-state index in [4.69, 9.17) is 5.26 Å². The molecule has 0 spiro atoms. The van der Waals surface area contributed by atoms with Crippen molar-refractivity contribution in [2.24, 2.45) is 0 Å². The van der Waals surface area contributed by atoms with E-state index in [1.807, 2.05) is 24.8 Å². The van der Waals surface area contributed by atoms with Gasteiger partial charge in [-0.1, -0.05) is 12.2 Å². The maximum Gasteiger partial charge on any atom is 0.124 e. The van der Waals surface area contributed by atoms with Crippen molar-refractivity contribution in [1.29, 1.82) is 5.26 Å². The Kier molecular flexibility index (Phi) is 4.07. The second-order valence-corrected chi connectivity index (χ2v) is 3.74. The van der Waals surface area contributed by atoms with Crippen LogP contribution in [0.3, 0.4) is 0 Å². The summed E-state index contributed by atoms with van der Waals surface area (Å²) in [6.07, 6.45) is 0. The first-order valence-electron chi connectivity index (χ1n) is 5.17. The first-order valence-corrected chi connectivity index (χ1v) is 5.17. The third-order valence-electron chi connectivity index (χ3n) is 2.26. The van der Waals surface area contributed by atoms with Crippen LogP contribution >= 0.6 is 0 Å². The Morgan fingerprint density at radius 2 is 2.25 bits per heavy atom. The van der Waals surface area contributed by atoms with Gasteiger partial charge in [0, 0.05) is 13.1 Å². The number of hydrogen-bond donors (Lipinski definition) is 0. The summed E-state index contributed by atoms with van der Waals surface area (Å²) in [5.41, 5.74) is 2.13. The maximum absolute atomic E-state index is 13.0. The molecule has 0 aliphatic heterocycles. The summed E-state index contributed by atoms with van der Waals surface area (Å²) in [4.78, 5) is 2.00. The molecule has 1 aromatic rings. The molecule has 0 radical (unpaired) electrons. The Morgan fingerprint density at radius 1 is 1.56 bits per heavy atom. The molecule has 0 aliphatic carbocycles. The number of halogens is 1. The van der Waals surface area contributed by atoms with Crippen LogP contribution in [0.2, 0.25) is 0 Å². The minimum Gasteiger partial charge on any atom is -0.367 e. The van der Waals surface area contributed by atoms with Crippen molar-refractivity contribution in [3.8, 4) is 6.07 Å². The van der Waals surface area contributed by atoms with Crippen molar-refractivity contribution in [2.75, 3.05) is 18.0 Å². The van der Waals surface area contributed by atoms with Gasteiger partial charge in [-0.05, 0) is 32.0 Å². The molecule has 0 aromatic heterocycles. The van der Waals surface area contributed by atoms with Gasteiger partial charge in [-0.2, -0.15) is 5.26 Å². The molecule has 16 heavy (non-hydrogen) atoms. The third-order valence-corrected chi connectivity index (χ3v) is 2.26. The molecular formula is C13H15FN2. The zero-order valence-corrected chi connectivity index (χ0v) is 9.63. The van der Waals surface area contributed by atoms with Gasteiger partial charge in [0.1, 0.15) is 11.9 Å². The summed E-state index contributed by atoms with van der Waals surface area (Å²) in [7, 11) is 0. The van der Waals surface area contributed by atoms with E-state index >= 15 is 0 Å². The molecule has 1 rings (SSSR count). The maximum atomic E-state index is 13.0. The lowest BCUT2D eigenvalue weighted by Gasteiger charge is -2.24. The van der Waals surface area contributed by atoms with Crippen LogP contribution < -0.4 is 4.90 Å². The number of nitrogens with zero attached hydrogens (tertiary/aromatic N) is 2. The zero-order valence-electron chi connectivity index (χ0n) is 9.63. The molecule has 0 fully saturated rings. The average molecular weight is 218 g/mol. The van der Waals surface area contributed by atoms with Gasteiger partial charge in [0.2, 0.25) is 0 Å². The Bertz CT molecular complexity index is 432. The highest BCUT2D eigenvalue weighted by Crippen LogP contribution is 2.21. The van der Waals surface area contributed by atoms with Crippen molar-refractivity contribution < 1.29 is 4.39 Å². The fraction of sp³-hybridized carbons (Fsp3) is 0.308. The van der Waals surface area contributed by atoms with Crippen molar-refractivity contribution in [2.45, 2.75) is 13.8 Å². The summed E-state index contributed by atoms with van der Waals surface area (Å²) in [6.45, 7) is 9.20. The van der Waals surface area contributed by atoms with Crippen LogP contribution in [0.15, 0.2) is 30.4 Å². The van der Waals surface area contributed by atoms with E-state index in [9.17, 15) is 4.39 Å². The van der Waals surface area contributed by atoms with Crippen LogP contribution in [-0.4, -0.2) is 13.1 Å². The Hall–Kier alpha value is -1.82. The molecular weight excluding hydrogens is 203 g/mol. The van der Waals surface area contributed by atoms with Crippen LogP contribution in [-0.2, 0) is 0 Å². The summed E-state index contributed by atoms with van der Waals surface area (Å²) in [5.74, 6) is -0.383. The number of benzene rings is 1. The molecule has 0 bridgehead atoms. The third kappa shape index (κ3) is 2.83. The Balaban J connectivity index is 3.10. The molecule has 0 saturated heterocycles. The molecule has 0 amide bonds. The molecule has 0 N–H and O–H groups in total. The lowest BCUT2D eigenvalue weighted by molar-refractivity contribution is 0.627. The highest BCUT2D eigenvalue weighted by Gasteiger charge is 2.10. The monoisotopic (exact) mass is 218 g/mol. The standard InChI is InChI=1S/C13H15FN2/c1-4-16(9-10(2)3)13-6-5-12(14)7-11(13)8-15/h5-7H,2,4,9H2,1,3H3. The van der Waals surface area contributed by atoms with E-state index in [0.717, 1.165) is 17.8 Å². The predicted octanol–water partition coefficient (Wildman–Crippen LogP) is 3.10. The van der Waals surface area contributed by atoms with Gasteiger partial charge in [-0.15, -0.1) is 0 Å². The van der Waals surface area contributed by atoms with Gasteiger partial charge in [0.25, 0.3) is 0 Å². The molecule has 0 aliphatic rings. The molecule has 3 heteroatoms.